The molecule has 1 heterocycles. The number of anilines is 3. The Morgan fingerprint density at radius 3 is 2.89 bits per heavy atom. The summed E-state index contributed by atoms with van der Waals surface area (Å²) in [6.07, 6.45) is 2.22. The second-order valence-corrected chi connectivity index (χ2v) is 4.40. The molecule has 18 heavy (non-hydrogen) atoms. The van der Waals surface area contributed by atoms with Crippen molar-refractivity contribution in [1.82, 2.24) is 0 Å². The smallest absolute Gasteiger partial charge is 0.224 e. The lowest BCUT2D eigenvalue weighted by Gasteiger charge is -2.26. The number of nitrogens with zero attached hydrogens (tertiary/aromatic N) is 1. The summed E-state index contributed by atoms with van der Waals surface area (Å²) < 4.78 is 0. The van der Waals surface area contributed by atoms with Crippen LogP contribution in [-0.4, -0.2) is 19.6 Å². The third-order valence-electron chi connectivity index (χ3n) is 3.06. The maximum absolute atomic E-state index is 11.4. The van der Waals surface area contributed by atoms with Crippen molar-refractivity contribution in [2.45, 2.75) is 26.2 Å². The number of carbonyl (C=O) groups excluding carboxylic acids is 1. The second-order valence-electron chi connectivity index (χ2n) is 4.40. The van der Waals surface area contributed by atoms with Crippen LogP contribution in [0.25, 0.3) is 0 Å². The molecule has 1 aliphatic heterocycles. The van der Waals surface area contributed by atoms with Crippen molar-refractivity contribution in [3.63, 3.8) is 0 Å². The number of carbonyl (C=O) groups is 1. The number of nitrogens with one attached hydrogen (secondary N) is 1. The molecule has 0 atom stereocenters. The highest BCUT2D eigenvalue weighted by molar-refractivity contribution is 5.95. The Morgan fingerprint density at radius 1 is 1.44 bits per heavy atom. The first-order chi connectivity index (χ1) is 8.65. The van der Waals surface area contributed by atoms with Gasteiger partial charge in [-0.2, -0.15) is 0 Å². The molecule has 1 aromatic rings. The molecular formula is C13H19N3O2. The number of rotatable bonds is 4. The van der Waals surface area contributed by atoms with Crippen molar-refractivity contribution in [3.05, 3.63) is 17.7 Å². The lowest BCUT2D eigenvalue weighted by molar-refractivity contribution is -0.116. The van der Waals surface area contributed by atoms with Gasteiger partial charge in [-0.05, 0) is 30.5 Å². The molecular weight excluding hydrogens is 230 g/mol. The van der Waals surface area contributed by atoms with E-state index in [1.807, 2.05) is 12.1 Å². The van der Waals surface area contributed by atoms with Gasteiger partial charge in [0, 0.05) is 18.7 Å². The predicted molar refractivity (Wildman–Crippen MR) is 72.5 cm³/mol. The van der Waals surface area contributed by atoms with E-state index in [4.69, 9.17) is 10.6 Å². The van der Waals surface area contributed by atoms with Gasteiger partial charge in [0.15, 0.2) is 0 Å². The van der Waals surface area contributed by atoms with Crippen molar-refractivity contribution < 1.29 is 9.63 Å². The number of nitrogens with two attached hydrogens (primary N) is 1. The zero-order valence-corrected chi connectivity index (χ0v) is 10.8. The first-order valence-electron chi connectivity index (χ1n) is 6.19. The van der Waals surface area contributed by atoms with Gasteiger partial charge < -0.3 is 11.1 Å². The monoisotopic (exact) mass is 249 g/mol. The largest absolute Gasteiger partial charge is 0.397 e. The number of hydrogen-bond acceptors (Lipinski definition) is 4. The second kappa shape index (κ2) is 5.27. The molecule has 1 aliphatic rings. The summed E-state index contributed by atoms with van der Waals surface area (Å²) in [4.78, 5) is 16.7. The highest BCUT2D eigenvalue weighted by Gasteiger charge is 2.18. The molecule has 98 valence electrons. The van der Waals surface area contributed by atoms with Crippen molar-refractivity contribution >= 4 is 23.0 Å². The van der Waals surface area contributed by atoms with E-state index >= 15 is 0 Å². The lowest BCUT2D eigenvalue weighted by Crippen LogP contribution is -2.25. The average molecular weight is 249 g/mol. The summed E-state index contributed by atoms with van der Waals surface area (Å²) in [5.41, 5.74) is 9.47. The Bertz CT molecular complexity index is 460. The van der Waals surface area contributed by atoms with Crippen molar-refractivity contribution in [1.29, 1.82) is 0 Å². The Morgan fingerprint density at radius 2 is 2.22 bits per heavy atom. The Kier molecular flexibility index (Phi) is 3.72. The summed E-state index contributed by atoms with van der Waals surface area (Å²) in [7, 11) is 1.62. The predicted octanol–water partition coefficient (Wildman–Crippen LogP) is 1.93. The molecule has 0 unspecified atom stereocenters. The topological polar surface area (TPSA) is 67.6 Å². The van der Waals surface area contributed by atoms with E-state index in [1.54, 1.807) is 12.2 Å². The Labute approximate surface area is 107 Å². The number of amides is 1. The number of hydroxylamine groups is 1. The Balaban J connectivity index is 2.36. The van der Waals surface area contributed by atoms with Gasteiger partial charge in [-0.25, -0.2) is 0 Å². The molecule has 0 saturated carbocycles. The summed E-state index contributed by atoms with van der Waals surface area (Å²) in [5.74, 6) is 0.0534. The first kappa shape index (κ1) is 12.7. The molecule has 0 aromatic heterocycles. The quantitative estimate of drug-likeness (QED) is 0.632. The molecule has 0 radical (unpaired) electrons. The minimum absolute atomic E-state index is 0.0534. The fourth-order valence-electron chi connectivity index (χ4n) is 2.17. The molecule has 5 nitrogen and oxygen atoms in total. The zero-order valence-electron chi connectivity index (χ0n) is 10.8. The molecule has 1 aromatic carbocycles. The number of benzene rings is 1. The molecule has 0 bridgehead atoms. The first-order valence-corrected chi connectivity index (χ1v) is 6.19. The van der Waals surface area contributed by atoms with Crippen LogP contribution in [-0.2, 0) is 16.1 Å². The number of hydrogen-bond donors (Lipinski definition) is 2. The standard InChI is InChI=1S/C13H19N3O2/c1-3-6-16(18-2)12-8-11-9(7-10(12)14)4-5-13(17)15-11/h7-8H,3-6,14H2,1-2H3,(H,15,17). The van der Waals surface area contributed by atoms with E-state index in [0.717, 1.165) is 36.3 Å². The van der Waals surface area contributed by atoms with Crippen LogP contribution in [0.1, 0.15) is 25.3 Å². The van der Waals surface area contributed by atoms with Gasteiger partial charge in [-0.3, -0.25) is 14.7 Å². The molecule has 0 fully saturated rings. The van der Waals surface area contributed by atoms with Crippen molar-refractivity contribution in [2.24, 2.45) is 0 Å². The van der Waals surface area contributed by atoms with Crippen LogP contribution < -0.4 is 16.1 Å². The molecule has 5 heteroatoms. The van der Waals surface area contributed by atoms with Gasteiger partial charge in [0.2, 0.25) is 5.91 Å². The maximum Gasteiger partial charge on any atom is 0.224 e. The number of nitrogen functional groups attached to an aromatic ring is 1. The molecule has 2 rings (SSSR count). The molecule has 0 saturated heterocycles. The van der Waals surface area contributed by atoms with E-state index in [9.17, 15) is 4.79 Å². The fraction of sp³-hybridized carbons (Fsp3) is 0.462. The van der Waals surface area contributed by atoms with Crippen LogP contribution >= 0.6 is 0 Å². The molecule has 1 amide bonds. The van der Waals surface area contributed by atoms with Gasteiger partial charge in [0.05, 0.1) is 18.5 Å². The van der Waals surface area contributed by atoms with Crippen LogP contribution in [0.2, 0.25) is 0 Å². The van der Waals surface area contributed by atoms with E-state index in [2.05, 4.69) is 12.2 Å². The molecule has 0 spiro atoms. The minimum Gasteiger partial charge on any atom is -0.397 e. The lowest BCUT2D eigenvalue weighted by atomic mass is 10.0. The summed E-state index contributed by atoms with van der Waals surface area (Å²) in [6.45, 7) is 2.83. The van der Waals surface area contributed by atoms with E-state index in [1.165, 1.54) is 0 Å². The summed E-state index contributed by atoms with van der Waals surface area (Å²) >= 11 is 0. The summed E-state index contributed by atoms with van der Waals surface area (Å²) in [5, 5.41) is 4.62. The van der Waals surface area contributed by atoms with Crippen molar-refractivity contribution in [2.75, 3.05) is 29.8 Å². The summed E-state index contributed by atoms with van der Waals surface area (Å²) in [6, 6.07) is 3.81. The van der Waals surface area contributed by atoms with Crippen LogP contribution in [0, 0.1) is 0 Å². The van der Waals surface area contributed by atoms with Crippen LogP contribution in [0.4, 0.5) is 17.1 Å². The van der Waals surface area contributed by atoms with Crippen molar-refractivity contribution in [3.8, 4) is 0 Å². The van der Waals surface area contributed by atoms with Gasteiger partial charge in [-0.15, -0.1) is 0 Å². The highest BCUT2D eigenvalue weighted by Crippen LogP contribution is 2.33. The molecule has 3 N–H and O–H groups in total. The Hall–Kier alpha value is -1.75. The van der Waals surface area contributed by atoms with Crippen LogP contribution in [0.15, 0.2) is 12.1 Å². The fourth-order valence-corrected chi connectivity index (χ4v) is 2.17. The van der Waals surface area contributed by atoms with E-state index in [-0.39, 0.29) is 5.91 Å². The maximum atomic E-state index is 11.4. The number of aryl methyl sites for hydroxylation is 1. The highest BCUT2D eigenvalue weighted by atomic mass is 16.7. The number of fused-ring (bicyclic) bond motifs is 1. The third-order valence-corrected chi connectivity index (χ3v) is 3.06. The normalized spacial score (nSPS) is 14.0. The van der Waals surface area contributed by atoms with Gasteiger partial charge in [0.1, 0.15) is 0 Å². The van der Waals surface area contributed by atoms with Gasteiger partial charge >= 0.3 is 0 Å². The zero-order chi connectivity index (χ0) is 13.1. The van der Waals surface area contributed by atoms with Gasteiger partial charge in [-0.1, -0.05) is 6.92 Å². The van der Waals surface area contributed by atoms with Crippen LogP contribution in [0.3, 0.4) is 0 Å². The van der Waals surface area contributed by atoms with E-state index < -0.39 is 0 Å². The average Bonchev–Trinajstić information content (AvgIpc) is 2.36. The minimum atomic E-state index is 0.0534. The SMILES string of the molecule is CCCN(OC)c1cc2c(cc1N)CCC(=O)N2. The van der Waals surface area contributed by atoms with Crippen LogP contribution in [0.5, 0.6) is 0 Å². The van der Waals surface area contributed by atoms with Gasteiger partial charge in [0.25, 0.3) is 0 Å². The molecule has 0 aliphatic carbocycles. The van der Waals surface area contributed by atoms with E-state index in [0.29, 0.717) is 12.1 Å². The third kappa shape index (κ3) is 2.41.